The molecule has 13 heavy (non-hydrogen) atoms. The van der Waals surface area contributed by atoms with E-state index in [2.05, 4.69) is 0 Å². The van der Waals surface area contributed by atoms with Gasteiger partial charge < -0.3 is 5.73 Å². The van der Waals surface area contributed by atoms with Gasteiger partial charge in [-0.05, 0) is 30.8 Å². The lowest BCUT2D eigenvalue weighted by molar-refractivity contribution is -0.118. The highest BCUT2D eigenvalue weighted by atomic mass is 16.1. The lowest BCUT2D eigenvalue weighted by atomic mass is 9.66. The van der Waals surface area contributed by atoms with Crippen LogP contribution < -0.4 is 5.73 Å². The first-order valence-electron chi connectivity index (χ1n) is 5.19. The highest BCUT2D eigenvalue weighted by Gasteiger charge is 2.36. The second-order valence-corrected chi connectivity index (χ2v) is 4.60. The molecule has 0 unspecified atom stereocenters. The Morgan fingerprint density at radius 3 is 2.46 bits per heavy atom. The summed E-state index contributed by atoms with van der Waals surface area (Å²) in [6.07, 6.45) is 9.62. The molecule has 0 aromatic rings. The Bertz CT molecular complexity index is 249. The van der Waals surface area contributed by atoms with Crippen molar-refractivity contribution in [2.45, 2.75) is 44.9 Å². The van der Waals surface area contributed by atoms with E-state index in [-0.39, 0.29) is 11.2 Å². The fourth-order valence-electron chi connectivity index (χ4n) is 2.83. The van der Waals surface area contributed by atoms with Crippen LogP contribution in [0, 0.1) is 5.41 Å². The van der Waals surface area contributed by atoms with Gasteiger partial charge in [-0.2, -0.15) is 0 Å². The van der Waals surface area contributed by atoms with Gasteiger partial charge in [0.05, 0.1) is 0 Å². The van der Waals surface area contributed by atoms with Crippen LogP contribution in [0.15, 0.2) is 11.8 Å². The SMILES string of the molecule is NC1=CC(=O)CC2(CCCCC2)C1. The molecule has 0 aromatic heterocycles. The third kappa shape index (κ3) is 1.77. The van der Waals surface area contributed by atoms with Crippen molar-refractivity contribution < 1.29 is 4.79 Å². The maximum Gasteiger partial charge on any atom is 0.157 e. The normalized spacial score (nSPS) is 27.4. The zero-order valence-corrected chi connectivity index (χ0v) is 8.01. The van der Waals surface area contributed by atoms with Crippen LogP contribution in [0.3, 0.4) is 0 Å². The van der Waals surface area contributed by atoms with E-state index in [1.807, 2.05) is 0 Å². The molecule has 0 saturated heterocycles. The van der Waals surface area contributed by atoms with Gasteiger partial charge >= 0.3 is 0 Å². The van der Waals surface area contributed by atoms with E-state index in [1.54, 1.807) is 6.08 Å². The molecule has 0 radical (unpaired) electrons. The lowest BCUT2D eigenvalue weighted by Crippen LogP contribution is -2.32. The van der Waals surface area contributed by atoms with Gasteiger partial charge in [-0.15, -0.1) is 0 Å². The Hall–Kier alpha value is -0.790. The smallest absolute Gasteiger partial charge is 0.157 e. The van der Waals surface area contributed by atoms with E-state index in [1.165, 1.54) is 32.1 Å². The van der Waals surface area contributed by atoms with Crippen LogP contribution in [-0.2, 0) is 4.79 Å². The van der Waals surface area contributed by atoms with Gasteiger partial charge in [-0.3, -0.25) is 4.79 Å². The van der Waals surface area contributed by atoms with E-state index >= 15 is 0 Å². The summed E-state index contributed by atoms with van der Waals surface area (Å²) in [7, 11) is 0. The predicted octanol–water partition coefficient (Wildman–Crippen LogP) is 2.14. The van der Waals surface area contributed by atoms with Crippen molar-refractivity contribution in [1.29, 1.82) is 0 Å². The van der Waals surface area contributed by atoms with Crippen LogP contribution in [0.4, 0.5) is 0 Å². The summed E-state index contributed by atoms with van der Waals surface area (Å²) in [6, 6.07) is 0. The van der Waals surface area contributed by atoms with Crippen molar-refractivity contribution in [1.82, 2.24) is 0 Å². The van der Waals surface area contributed by atoms with E-state index in [0.29, 0.717) is 0 Å². The molecule has 2 nitrogen and oxygen atoms in total. The van der Waals surface area contributed by atoms with E-state index in [9.17, 15) is 4.79 Å². The first-order chi connectivity index (χ1) is 6.20. The number of carbonyl (C=O) groups is 1. The summed E-state index contributed by atoms with van der Waals surface area (Å²) in [5.41, 5.74) is 6.83. The quantitative estimate of drug-likeness (QED) is 0.619. The van der Waals surface area contributed by atoms with Crippen molar-refractivity contribution in [3.8, 4) is 0 Å². The molecule has 0 heterocycles. The largest absolute Gasteiger partial charge is 0.402 e. The van der Waals surface area contributed by atoms with Gasteiger partial charge in [0.15, 0.2) is 5.78 Å². The minimum Gasteiger partial charge on any atom is -0.402 e. The number of carbonyl (C=O) groups excluding carboxylic acids is 1. The zero-order chi connectivity index (χ0) is 9.31. The van der Waals surface area contributed by atoms with Crippen LogP contribution >= 0.6 is 0 Å². The predicted molar refractivity (Wildman–Crippen MR) is 52.0 cm³/mol. The van der Waals surface area contributed by atoms with Crippen LogP contribution in [0.2, 0.25) is 0 Å². The van der Waals surface area contributed by atoms with Crippen LogP contribution in [0.5, 0.6) is 0 Å². The fraction of sp³-hybridized carbons (Fsp3) is 0.727. The molecule has 2 aliphatic rings. The number of rotatable bonds is 0. The second-order valence-electron chi connectivity index (χ2n) is 4.60. The summed E-state index contributed by atoms with van der Waals surface area (Å²) in [4.78, 5) is 11.4. The van der Waals surface area contributed by atoms with Crippen LogP contribution in [0.25, 0.3) is 0 Å². The molecule has 0 bridgehead atoms. The summed E-state index contributed by atoms with van der Waals surface area (Å²) >= 11 is 0. The molecular weight excluding hydrogens is 162 g/mol. The van der Waals surface area contributed by atoms with Crippen LogP contribution in [0.1, 0.15) is 44.9 Å². The molecule has 2 heteroatoms. The Labute approximate surface area is 79.2 Å². The van der Waals surface area contributed by atoms with E-state index in [0.717, 1.165) is 18.5 Å². The first-order valence-corrected chi connectivity index (χ1v) is 5.19. The average molecular weight is 179 g/mol. The molecule has 0 amide bonds. The van der Waals surface area contributed by atoms with Gasteiger partial charge in [0.25, 0.3) is 0 Å². The minimum absolute atomic E-state index is 0.241. The Balaban J connectivity index is 2.15. The summed E-state index contributed by atoms with van der Waals surface area (Å²) in [5, 5.41) is 0. The third-order valence-corrected chi connectivity index (χ3v) is 3.39. The molecule has 72 valence electrons. The van der Waals surface area contributed by atoms with Gasteiger partial charge in [0.1, 0.15) is 0 Å². The minimum atomic E-state index is 0.241. The molecule has 1 fully saturated rings. The van der Waals surface area contributed by atoms with Gasteiger partial charge in [-0.1, -0.05) is 19.3 Å². The number of hydrogen-bond donors (Lipinski definition) is 1. The topological polar surface area (TPSA) is 43.1 Å². The molecule has 1 saturated carbocycles. The number of ketones is 1. The van der Waals surface area contributed by atoms with Crippen molar-refractivity contribution in [3.63, 3.8) is 0 Å². The number of allylic oxidation sites excluding steroid dienone is 2. The maximum atomic E-state index is 11.4. The Kier molecular flexibility index (Phi) is 2.14. The standard InChI is InChI=1S/C11H17NO/c12-9-6-10(13)8-11(7-9)4-2-1-3-5-11/h6H,1-5,7-8,12H2. The molecule has 0 atom stereocenters. The lowest BCUT2D eigenvalue weighted by Gasteiger charge is -2.38. The van der Waals surface area contributed by atoms with Gasteiger partial charge in [0, 0.05) is 12.1 Å². The average Bonchev–Trinajstić information content (AvgIpc) is 2.02. The third-order valence-electron chi connectivity index (χ3n) is 3.39. The van der Waals surface area contributed by atoms with Crippen LogP contribution in [-0.4, -0.2) is 5.78 Å². The highest BCUT2D eigenvalue weighted by molar-refractivity contribution is 5.91. The Morgan fingerprint density at radius 1 is 1.15 bits per heavy atom. The molecule has 2 rings (SSSR count). The first kappa shape index (κ1) is 8.79. The fourth-order valence-corrected chi connectivity index (χ4v) is 2.83. The van der Waals surface area contributed by atoms with Gasteiger partial charge in [0.2, 0.25) is 0 Å². The number of hydrogen-bond acceptors (Lipinski definition) is 2. The highest BCUT2D eigenvalue weighted by Crippen LogP contribution is 2.45. The van der Waals surface area contributed by atoms with Crippen molar-refractivity contribution >= 4 is 5.78 Å². The Morgan fingerprint density at radius 2 is 1.85 bits per heavy atom. The second kappa shape index (κ2) is 3.17. The molecule has 1 spiro atoms. The van der Waals surface area contributed by atoms with Crippen molar-refractivity contribution in [2.75, 3.05) is 0 Å². The summed E-state index contributed by atoms with van der Waals surface area (Å²) < 4.78 is 0. The van der Waals surface area contributed by atoms with Crippen molar-refractivity contribution in [2.24, 2.45) is 11.1 Å². The summed E-state index contributed by atoms with van der Waals surface area (Å²) in [6.45, 7) is 0. The molecular formula is C11H17NO. The number of nitrogens with two attached hydrogens (primary N) is 1. The molecule has 0 aromatic carbocycles. The maximum absolute atomic E-state index is 11.4. The molecule has 2 N–H and O–H groups in total. The van der Waals surface area contributed by atoms with E-state index < -0.39 is 0 Å². The van der Waals surface area contributed by atoms with E-state index in [4.69, 9.17) is 5.73 Å². The summed E-state index contributed by atoms with van der Waals surface area (Å²) in [5.74, 6) is 0.241. The van der Waals surface area contributed by atoms with Gasteiger partial charge in [-0.25, -0.2) is 0 Å². The molecule has 2 aliphatic carbocycles. The zero-order valence-electron chi connectivity index (χ0n) is 8.01. The monoisotopic (exact) mass is 179 g/mol. The molecule has 0 aliphatic heterocycles. The van der Waals surface area contributed by atoms with Crippen molar-refractivity contribution in [3.05, 3.63) is 11.8 Å².